The van der Waals surface area contributed by atoms with Crippen molar-refractivity contribution in [3.05, 3.63) is 24.3 Å². The van der Waals surface area contributed by atoms with Crippen molar-refractivity contribution in [3.63, 3.8) is 0 Å². The molecular formula is C54H103NO5. The molecule has 0 aliphatic carbocycles. The number of hydrogen-bond acceptors (Lipinski definition) is 5. The van der Waals surface area contributed by atoms with Crippen molar-refractivity contribution < 1.29 is 24.5 Å². The van der Waals surface area contributed by atoms with Crippen LogP contribution in [0.2, 0.25) is 0 Å². The molecule has 3 atom stereocenters. The molecule has 0 spiro atoms. The Bertz CT molecular complexity index is 950. The first-order chi connectivity index (χ1) is 29.5. The maximum Gasteiger partial charge on any atom is 0.306 e. The van der Waals surface area contributed by atoms with E-state index in [2.05, 4.69) is 50.4 Å². The minimum absolute atomic E-state index is 0.0573. The highest BCUT2D eigenvalue weighted by molar-refractivity contribution is 5.77. The molecule has 0 fully saturated rings. The van der Waals surface area contributed by atoms with Crippen LogP contribution in [0.4, 0.5) is 0 Å². The third-order valence-electron chi connectivity index (χ3n) is 12.3. The lowest BCUT2D eigenvalue weighted by atomic mass is 10.0. The van der Waals surface area contributed by atoms with E-state index in [-0.39, 0.29) is 24.9 Å². The molecule has 3 unspecified atom stereocenters. The molecule has 1 amide bonds. The molecular weight excluding hydrogens is 743 g/mol. The Morgan fingerprint density at radius 3 is 1.25 bits per heavy atom. The molecule has 6 nitrogen and oxygen atoms in total. The van der Waals surface area contributed by atoms with Crippen LogP contribution in [0.15, 0.2) is 24.3 Å². The third kappa shape index (κ3) is 43.0. The van der Waals surface area contributed by atoms with E-state index < -0.39 is 18.2 Å². The number of hydrogen-bond donors (Lipinski definition) is 3. The smallest absolute Gasteiger partial charge is 0.306 e. The minimum atomic E-state index is -0.792. The Morgan fingerprint density at radius 1 is 0.467 bits per heavy atom. The monoisotopic (exact) mass is 846 g/mol. The van der Waals surface area contributed by atoms with E-state index in [9.17, 15) is 19.8 Å². The molecule has 0 aromatic carbocycles. The molecule has 0 aromatic heterocycles. The molecule has 354 valence electrons. The molecule has 0 aliphatic heterocycles. The van der Waals surface area contributed by atoms with Gasteiger partial charge in [0.15, 0.2) is 0 Å². The van der Waals surface area contributed by atoms with E-state index in [4.69, 9.17) is 4.74 Å². The topological polar surface area (TPSA) is 95.9 Å². The van der Waals surface area contributed by atoms with Crippen LogP contribution < -0.4 is 5.32 Å². The molecule has 0 saturated carbocycles. The fraction of sp³-hybridized carbons (Fsp3) is 0.889. The molecule has 0 aromatic rings. The number of rotatable bonds is 48. The number of amides is 1. The van der Waals surface area contributed by atoms with E-state index in [1.165, 1.54) is 180 Å². The van der Waals surface area contributed by atoms with E-state index in [1.807, 2.05) is 0 Å². The van der Waals surface area contributed by atoms with Crippen LogP contribution >= 0.6 is 0 Å². The van der Waals surface area contributed by atoms with Crippen molar-refractivity contribution in [3.8, 4) is 0 Å². The first-order valence-corrected chi connectivity index (χ1v) is 26.6. The molecule has 0 radical (unpaired) electrons. The Labute approximate surface area is 373 Å². The second kappa shape index (κ2) is 48.4. The SMILES string of the molecule is CCCCC/C=C\CCCCCCCC(=O)OC(CCC/C=C\CCCCCCCCC)CC(=O)NC(CO)C(O)CCCCCCCCCCCCCCCCCCC. The Kier molecular flexibility index (Phi) is 47.0. The average Bonchev–Trinajstić information content (AvgIpc) is 3.24. The molecule has 60 heavy (non-hydrogen) atoms. The minimum Gasteiger partial charge on any atom is -0.462 e. The van der Waals surface area contributed by atoms with Crippen LogP contribution in [0.1, 0.15) is 284 Å². The van der Waals surface area contributed by atoms with Gasteiger partial charge in [0.1, 0.15) is 6.10 Å². The lowest BCUT2D eigenvalue weighted by Crippen LogP contribution is -2.46. The summed E-state index contributed by atoms with van der Waals surface area (Å²) in [6.45, 7) is 6.47. The highest BCUT2D eigenvalue weighted by atomic mass is 16.5. The van der Waals surface area contributed by atoms with E-state index in [0.717, 1.165) is 57.8 Å². The van der Waals surface area contributed by atoms with Crippen molar-refractivity contribution in [1.82, 2.24) is 5.32 Å². The molecule has 0 rings (SSSR count). The Morgan fingerprint density at radius 2 is 0.817 bits per heavy atom. The summed E-state index contributed by atoms with van der Waals surface area (Å²) < 4.78 is 5.91. The van der Waals surface area contributed by atoms with Crippen molar-refractivity contribution in [2.24, 2.45) is 0 Å². The Balaban J connectivity index is 4.50. The van der Waals surface area contributed by atoms with E-state index >= 15 is 0 Å². The number of carbonyl (C=O) groups excluding carboxylic acids is 2. The lowest BCUT2D eigenvalue weighted by Gasteiger charge is -2.24. The van der Waals surface area contributed by atoms with Crippen LogP contribution in [0.25, 0.3) is 0 Å². The van der Waals surface area contributed by atoms with Crippen LogP contribution in [-0.4, -0.2) is 46.9 Å². The number of ether oxygens (including phenoxy) is 1. The first kappa shape index (κ1) is 58.3. The molecule has 0 saturated heterocycles. The molecule has 3 N–H and O–H groups in total. The first-order valence-electron chi connectivity index (χ1n) is 26.6. The fourth-order valence-corrected chi connectivity index (χ4v) is 8.19. The fourth-order valence-electron chi connectivity index (χ4n) is 8.19. The number of unbranched alkanes of at least 4 members (excludes halogenated alkanes) is 32. The number of aliphatic hydroxyl groups is 2. The Hall–Kier alpha value is -1.66. The highest BCUT2D eigenvalue weighted by Gasteiger charge is 2.24. The third-order valence-corrected chi connectivity index (χ3v) is 12.3. The van der Waals surface area contributed by atoms with Gasteiger partial charge in [0, 0.05) is 6.42 Å². The van der Waals surface area contributed by atoms with Crippen molar-refractivity contribution >= 4 is 11.9 Å². The van der Waals surface area contributed by atoms with Crippen LogP contribution in [0.5, 0.6) is 0 Å². The number of carbonyl (C=O) groups is 2. The number of aliphatic hydroxyl groups excluding tert-OH is 2. The van der Waals surface area contributed by atoms with Gasteiger partial charge >= 0.3 is 5.97 Å². The van der Waals surface area contributed by atoms with Gasteiger partial charge < -0.3 is 20.3 Å². The zero-order valence-electron chi connectivity index (χ0n) is 40.4. The standard InChI is InChI=1S/C54H103NO5/c1-4-7-10-13-16-19-22-25-26-27-28-29-31-34-37-40-43-46-52(57)51(49-56)55-53(58)48-50(45-42-39-36-33-30-23-20-17-14-11-8-5-2)60-54(59)47-44-41-38-35-32-24-21-18-15-12-9-6-3/h18,21,33,36,50-52,56-57H,4-17,19-20,22-32,34-35,37-49H2,1-3H3,(H,55,58)/b21-18-,36-33-. The number of allylic oxidation sites excluding steroid dienone is 4. The van der Waals surface area contributed by atoms with Gasteiger partial charge in [0.25, 0.3) is 0 Å². The van der Waals surface area contributed by atoms with Gasteiger partial charge in [0.05, 0.1) is 25.2 Å². The summed E-state index contributed by atoms with van der Waals surface area (Å²) in [5.41, 5.74) is 0. The predicted octanol–water partition coefficient (Wildman–Crippen LogP) is 15.9. The summed E-state index contributed by atoms with van der Waals surface area (Å²) in [6.07, 6.45) is 55.3. The summed E-state index contributed by atoms with van der Waals surface area (Å²) in [4.78, 5) is 26.1. The van der Waals surface area contributed by atoms with Gasteiger partial charge in [-0.1, -0.05) is 225 Å². The van der Waals surface area contributed by atoms with E-state index in [1.54, 1.807) is 0 Å². The second-order valence-corrected chi connectivity index (χ2v) is 18.3. The zero-order valence-corrected chi connectivity index (χ0v) is 40.4. The largest absolute Gasteiger partial charge is 0.462 e. The summed E-state index contributed by atoms with van der Waals surface area (Å²) in [5, 5.41) is 23.8. The quantitative estimate of drug-likeness (QED) is 0.0322. The average molecular weight is 846 g/mol. The summed E-state index contributed by atoms with van der Waals surface area (Å²) >= 11 is 0. The van der Waals surface area contributed by atoms with Gasteiger partial charge in [-0.25, -0.2) is 0 Å². The van der Waals surface area contributed by atoms with Crippen LogP contribution in [0, 0.1) is 0 Å². The summed E-state index contributed by atoms with van der Waals surface area (Å²) in [6, 6.07) is -0.707. The maximum absolute atomic E-state index is 13.2. The molecule has 0 bridgehead atoms. The van der Waals surface area contributed by atoms with Crippen LogP contribution in [0.3, 0.4) is 0 Å². The maximum atomic E-state index is 13.2. The summed E-state index contributed by atoms with van der Waals surface area (Å²) in [7, 11) is 0. The van der Waals surface area contributed by atoms with Crippen molar-refractivity contribution in [2.45, 2.75) is 302 Å². The van der Waals surface area contributed by atoms with E-state index in [0.29, 0.717) is 19.3 Å². The van der Waals surface area contributed by atoms with Gasteiger partial charge in [0.2, 0.25) is 5.91 Å². The predicted molar refractivity (Wildman–Crippen MR) is 260 cm³/mol. The van der Waals surface area contributed by atoms with Gasteiger partial charge in [-0.3, -0.25) is 9.59 Å². The second-order valence-electron chi connectivity index (χ2n) is 18.3. The van der Waals surface area contributed by atoms with Gasteiger partial charge in [-0.05, 0) is 70.6 Å². The number of nitrogens with one attached hydrogen (secondary N) is 1. The molecule has 0 aliphatic rings. The molecule has 0 heterocycles. The normalized spacial score (nSPS) is 13.3. The summed E-state index contributed by atoms with van der Waals surface area (Å²) in [5.74, 6) is -0.503. The molecule has 6 heteroatoms. The highest BCUT2D eigenvalue weighted by Crippen LogP contribution is 2.18. The van der Waals surface area contributed by atoms with Gasteiger partial charge in [-0.2, -0.15) is 0 Å². The van der Waals surface area contributed by atoms with Crippen molar-refractivity contribution in [2.75, 3.05) is 6.61 Å². The van der Waals surface area contributed by atoms with Gasteiger partial charge in [-0.15, -0.1) is 0 Å². The lowest BCUT2D eigenvalue weighted by molar-refractivity contribution is -0.151. The zero-order chi connectivity index (χ0) is 43.8. The van der Waals surface area contributed by atoms with Crippen LogP contribution in [-0.2, 0) is 14.3 Å². The number of esters is 1. The van der Waals surface area contributed by atoms with Crippen molar-refractivity contribution in [1.29, 1.82) is 0 Å².